The molecular formula is C12H20IN3OSi. The summed E-state index contributed by atoms with van der Waals surface area (Å²) < 4.78 is 8.21. The van der Waals surface area contributed by atoms with Crippen LogP contribution in [0.1, 0.15) is 18.2 Å². The molecule has 6 heteroatoms. The first-order chi connectivity index (χ1) is 8.39. The van der Waals surface area contributed by atoms with Crippen LogP contribution in [0.2, 0.25) is 25.7 Å². The van der Waals surface area contributed by atoms with E-state index in [2.05, 4.69) is 53.4 Å². The summed E-state index contributed by atoms with van der Waals surface area (Å²) in [6.45, 7) is 10.1. The topological polar surface area (TPSA) is 50.8 Å². The zero-order chi connectivity index (χ0) is 13.8. The average molecular weight is 377 g/mol. The van der Waals surface area contributed by atoms with Crippen molar-refractivity contribution in [3.63, 3.8) is 0 Å². The standard InChI is InChI=1S/C12H20IN3OSi/c1-5-10-11(8-14)16(15-12(10)13)9-17-6-7-18(2,3)4/h5-7,9H2,1-4H3. The summed E-state index contributed by atoms with van der Waals surface area (Å²) in [6, 6.07) is 3.35. The van der Waals surface area contributed by atoms with Crippen molar-refractivity contribution in [3.8, 4) is 6.07 Å². The lowest BCUT2D eigenvalue weighted by Crippen LogP contribution is -2.22. The fraction of sp³-hybridized carbons (Fsp3) is 0.667. The van der Waals surface area contributed by atoms with Gasteiger partial charge in [-0.05, 0) is 35.1 Å². The predicted octanol–water partition coefficient (Wildman–Crippen LogP) is 3.23. The molecule has 0 radical (unpaired) electrons. The van der Waals surface area contributed by atoms with E-state index in [0.29, 0.717) is 12.4 Å². The van der Waals surface area contributed by atoms with E-state index in [4.69, 9.17) is 10.00 Å². The zero-order valence-electron chi connectivity index (χ0n) is 11.5. The number of rotatable bonds is 6. The van der Waals surface area contributed by atoms with Gasteiger partial charge in [-0.2, -0.15) is 10.4 Å². The molecule has 100 valence electrons. The normalized spacial score (nSPS) is 11.6. The molecule has 4 nitrogen and oxygen atoms in total. The third-order valence-electron chi connectivity index (χ3n) is 2.67. The van der Waals surface area contributed by atoms with E-state index in [1.54, 1.807) is 4.68 Å². The number of aromatic nitrogens is 2. The Hall–Kier alpha value is -0.393. The highest BCUT2D eigenvalue weighted by molar-refractivity contribution is 14.1. The van der Waals surface area contributed by atoms with Crippen LogP contribution in [-0.4, -0.2) is 24.5 Å². The number of nitriles is 1. The van der Waals surface area contributed by atoms with Crippen LogP contribution < -0.4 is 0 Å². The third kappa shape index (κ3) is 4.37. The van der Waals surface area contributed by atoms with E-state index < -0.39 is 8.07 Å². The van der Waals surface area contributed by atoms with Gasteiger partial charge in [0.1, 0.15) is 22.2 Å². The molecule has 0 fully saturated rings. The van der Waals surface area contributed by atoms with Gasteiger partial charge < -0.3 is 4.74 Å². The summed E-state index contributed by atoms with van der Waals surface area (Å²) >= 11 is 2.17. The highest BCUT2D eigenvalue weighted by Crippen LogP contribution is 2.17. The maximum absolute atomic E-state index is 9.17. The molecule has 0 amide bonds. The number of hydrogen-bond donors (Lipinski definition) is 0. The molecule has 0 aromatic carbocycles. The Morgan fingerprint density at radius 1 is 1.44 bits per heavy atom. The zero-order valence-corrected chi connectivity index (χ0v) is 14.6. The van der Waals surface area contributed by atoms with Gasteiger partial charge in [0.15, 0.2) is 0 Å². The van der Waals surface area contributed by atoms with Crippen LogP contribution in [0.3, 0.4) is 0 Å². The van der Waals surface area contributed by atoms with Crippen molar-refractivity contribution in [1.29, 1.82) is 5.26 Å². The molecule has 0 saturated carbocycles. The fourth-order valence-electron chi connectivity index (χ4n) is 1.53. The monoisotopic (exact) mass is 377 g/mol. The summed E-state index contributed by atoms with van der Waals surface area (Å²) in [5, 5.41) is 13.5. The molecule has 0 atom stereocenters. The molecule has 0 aliphatic rings. The molecule has 0 saturated heterocycles. The molecule has 18 heavy (non-hydrogen) atoms. The van der Waals surface area contributed by atoms with Crippen LogP contribution in [0.15, 0.2) is 0 Å². The van der Waals surface area contributed by atoms with Crippen molar-refractivity contribution in [1.82, 2.24) is 9.78 Å². The number of halogens is 1. The van der Waals surface area contributed by atoms with E-state index in [9.17, 15) is 0 Å². The second-order valence-electron chi connectivity index (χ2n) is 5.43. The van der Waals surface area contributed by atoms with Crippen molar-refractivity contribution in [2.24, 2.45) is 0 Å². The minimum atomic E-state index is -1.05. The molecule has 1 heterocycles. The Bertz CT molecular complexity index is 445. The van der Waals surface area contributed by atoms with Crippen LogP contribution in [0, 0.1) is 15.0 Å². The molecule has 0 spiro atoms. The van der Waals surface area contributed by atoms with Gasteiger partial charge in [-0.15, -0.1) is 0 Å². The van der Waals surface area contributed by atoms with Gasteiger partial charge in [0.05, 0.1) is 0 Å². The second-order valence-corrected chi connectivity index (χ2v) is 12.1. The van der Waals surface area contributed by atoms with Gasteiger partial charge in [-0.1, -0.05) is 26.6 Å². The van der Waals surface area contributed by atoms with Gasteiger partial charge in [0.25, 0.3) is 0 Å². The Kier molecular flexibility index (Phi) is 5.81. The van der Waals surface area contributed by atoms with Crippen LogP contribution in [0.25, 0.3) is 0 Å². The molecule has 0 unspecified atom stereocenters. The van der Waals surface area contributed by atoms with E-state index in [1.807, 2.05) is 6.92 Å². The Morgan fingerprint density at radius 2 is 2.11 bits per heavy atom. The third-order valence-corrected chi connectivity index (χ3v) is 5.24. The van der Waals surface area contributed by atoms with Crippen LogP contribution in [0.5, 0.6) is 0 Å². The summed E-state index contributed by atoms with van der Waals surface area (Å²) in [7, 11) is -1.05. The Labute approximate surface area is 123 Å². The van der Waals surface area contributed by atoms with E-state index >= 15 is 0 Å². The number of ether oxygens (including phenoxy) is 1. The summed E-state index contributed by atoms with van der Waals surface area (Å²) in [5.74, 6) is 0. The van der Waals surface area contributed by atoms with Crippen molar-refractivity contribution >= 4 is 30.7 Å². The lowest BCUT2D eigenvalue weighted by molar-refractivity contribution is 0.0777. The van der Waals surface area contributed by atoms with Crippen LogP contribution in [-0.2, 0) is 17.9 Å². The lowest BCUT2D eigenvalue weighted by atomic mass is 10.2. The van der Waals surface area contributed by atoms with Gasteiger partial charge in [0, 0.05) is 20.2 Å². The first-order valence-corrected chi connectivity index (χ1v) is 10.9. The minimum Gasteiger partial charge on any atom is -0.359 e. The van der Waals surface area contributed by atoms with Crippen molar-refractivity contribution in [2.45, 2.75) is 45.8 Å². The number of nitrogens with zero attached hydrogens (tertiary/aromatic N) is 3. The molecule has 1 aromatic rings. The van der Waals surface area contributed by atoms with Gasteiger partial charge in [-0.25, -0.2) is 4.68 Å². The quantitative estimate of drug-likeness (QED) is 0.435. The largest absolute Gasteiger partial charge is 0.359 e. The summed E-state index contributed by atoms with van der Waals surface area (Å²) in [4.78, 5) is 0. The van der Waals surface area contributed by atoms with Crippen LogP contribution in [0.4, 0.5) is 0 Å². The second kappa shape index (κ2) is 6.68. The molecule has 1 aromatic heterocycles. The number of hydrogen-bond acceptors (Lipinski definition) is 3. The lowest BCUT2D eigenvalue weighted by Gasteiger charge is -2.15. The molecule has 0 aliphatic heterocycles. The van der Waals surface area contributed by atoms with Crippen molar-refractivity contribution < 1.29 is 4.74 Å². The van der Waals surface area contributed by atoms with E-state index in [1.165, 1.54) is 0 Å². The minimum absolute atomic E-state index is 0.378. The predicted molar refractivity (Wildman–Crippen MR) is 83.1 cm³/mol. The first-order valence-electron chi connectivity index (χ1n) is 6.12. The van der Waals surface area contributed by atoms with Gasteiger partial charge in [0.2, 0.25) is 0 Å². The molecule has 0 aliphatic carbocycles. The molecule has 0 bridgehead atoms. The first kappa shape index (κ1) is 15.7. The fourth-order valence-corrected chi connectivity index (χ4v) is 3.19. The molecule has 0 N–H and O–H groups in total. The maximum atomic E-state index is 9.17. The van der Waals surface area contributed by atoms with Gasteiger partial charge >= 0.3 is 0 Å². The Balaban J connectivity index is 2.61. The summed E-state index contributed by atoms with van der Waals surface area (Å²) in [6.07, 6.45) is 0.829. The SMILES string of the molecule is CCc1c(I)nn(COCC[Si](C)(C)C)c1C#N. The van der Waals surface area contributed by atoms with Crippen molar-refractivity contribution in [3.05, 3.63) is 15.0 Å². The van der Waals surface area contributed by atoms with E-state index in [-0.39, 0.29) is 0 Å². The highest BCUT2D eigenvalue weighted by Gasteiger charge is 2.15. The molecular weight excluding hydrogens is 357 g/mol. The Morgan fingerprint density at radius 3 is 2.61 bits per heavy atom. The smallest absolute Gasteiger partial charge is 0.145 e. The maximum Gasteiger partial charge on any atom is 0.145 e. The van der Waals surface area contributed by atoms with Gasteiger partial charge in [-0.3, -0.25) is 0 Å². The van der Waals surface area contributed by atoms with Crippen LogP contribution >= 0.6 is 22.6 Å². The highest BCUT2D eigenvalue weighted by atomic mass is 127. The average Bonchev–Trinajstić information content (AvgIpc) is 2.58. The van der Waals surface area contributed by atoms with E-state index in [0.717, 1.165) is 28.3 Å². The summed E-state index contributed by atoms with van der Waals surface area (Å²) in [5.41, 5.74) is 1.65. The molecule has 1 rings (SSSR count). The van der Waals surface area contributed by atoms with Crippen molar-refractivity contribution in [2.75, 3.05) is 6.61 Å².